The SMILES string of the molecule is CNC(=O)Nc1nnc(SCc2cccc(Cl)n2)s1.Cl. The van der Waals surface area contributed by atoms with E-state index in [0.29, 0.717) is 16.0 Å². The molecule has 0 aromatic carbocycles. The first-order chi connectivity index (χ1) is 9.17. The number of nitrogens with zero attached hydrogens (tertiary/aromatic N) is 3. The maximum atomic E-state index is 11.1. The number of halogens is 2. The number of carbonyl (C=O) groups is 1. The molecule has 10 heteroatoms. The zero-order valence-corrected chi connectivity index (χ0v) is 13.5. The zero-order valence-electron chi connectivity index (χ0n) is 10.3. The third kappa shape index (κ3) is 5.12. The number of nitrogens with one attached hydrogen (secondary N) is 2. The monoisotopic (exact) mass is 351 g/mol. The first-order valence-electron chi connectivity index (χ1n) is 5.24. The molecule has 0 aliphatic rings. The Morgan fingerprint density at radius 2 is 2.25 bits per heavy atom. The number of rotatable bonds is 4. The van der Waals surface area contributed by atoms with Crippen LogP contribution in [0.2, 0.25) is 5.15 Å². The zero-order chi connectivity index (χ0) is 13.7. The fraction of sp³-hybridized carbons (Fsp3) is 0.200. The average molecular weight is 352 g/mol. The molecule has 2 rings (SSSR count). The van der Waals surface area contributed by atoms with Gasteiger partial charge >= 0.3 is 6.03 Å². The van der Waals surface area contributed by atoms with Crippen LogP contribution in [0.15, 0.2) is 22.5 Å². The number of hydrogen-bond donors (Lipinski definition) is 2. The lowest BCUT2D eigenvalue weighted by atomic mass is 10.4. The largest absolute Gasteiger partial charge is 0.341 e. The third-order valence-corrected chi connectivity index (χ3v) is 4.19. The summed E-state index contributed by atoms with van der Waals surface area (Å²) in [5.74, 6) is 0.648. The van der Waals surface area contributed by atoms with Crippen LogP contribution in [0.4, 0.5) is 9.93 Å². The second-order valence-electron chi connectivity index (χ2n) is 3.32. The molecule has 0 bridgehead atoms. The Morgan fingerprint density at radius 1 is 1.45 bits per heavy atom. The Balaban J connectivity index is 0.00000200. The molecule has 0 saturated carbocycles. The van der Waals surface area contributed by atoms with E-state index in [0.717, 1.165) is 10.0 Å². The standard InChI is InChI=1S/C10H10ClN5OS2.ClH/c1-12-8(17)14-9-15-16-10(19-9)18-5-6-3-2-4-7(11)13-6;/h2-4H,5H2,1H3,(H2,12,14,15,17);1H. The molecule has 0 fully saturated rings. The van der Waals surface area contributed by atoms with Crippen molar-refractivity contribution < 1.29 is 4.79 Å². The lowest BCUT2D eigenvalue weighted by molar-refractivity contribution is 0.254. The van der Waals surface area contributed by atoms with Crippen LogP contribution in [0.1, 0.15) is 5.69 Å². The molecule has 0 aliphatic carbocycles. The van der Waals surface area contributed by atoms with Gasteiger partial charge in [-0.15, -0.1) is 22.6 Å². The van der Waals surface area contributed by atoms with Crippen LogP contribution in [0.25, 0.3) is 0 Å². The molecule has 2 amide bonds. The van der Waals surface area contributed by atoms with Gasteiger partial charge in [0.2, 0.25) is 5.13 Å². The normalized spacial score (nSPS) is 9.70. The van der Waals surface area contributed by atoms with E-state index in [-0.39, 0.29) is 18.4 Å². The molecule has 108 valence electrons. The van der Waals surface area contributed by atoms with E-state index in [4.69, 9.17) is 11.6 Å². The molecule has 20 heavy (non-hydrogen) atoms. The maximum absolute atomic E-state index is 11.1. The van der Waals surface area contributed by atoms with Crippen molar-refractivity contribution in [3.8, 4) is 0 Å². The van der Waals surface area contributed by atoms with Crippen LogP contribution < -0.4 is 10.6 Å². The Kier molecular flexibility index (Phi) is 7.00. The molecule has 2 N–H and O–H groups in total. The van der Waals surface area contributed by atoms with E-state index in [1.807, 2.05) is 12.1 Å². The Hall–Kier alpha value is -1.09. The summed E-state index contributed by atoms with van der Waals surface area (Å²) < 4.78 is 0.758. The highest BCUT2D eigenvalue weighted by atomic mass is 35.5. The fourth-order valence-electron chi connectivity index (χ4n) is 1.14. The second kappa shape index (κ2) is 8.25. The van der Waals surface area contributed by atoms with Gasteiger partial charge in [0.25, 0.3) is 0 Å². The van der Waals surface area contributed by atoms with Crippen molar-refractivity contribution in [2.24, 2.45) is 0 Å². The molecule has 0 aliphatic heterocycles. The molecule has 0 saturated heterocycles. The molecule has 0 atom stereocenters. The minimum absolute atomic E-state index is 0. The predicted molar refractivity (Wildman–Crippen MR) is 84.0 cm³/mol. The molecule has 2 heterocycles. The molecule has 0 spiro atoms. The minimum Gasteiger partial charge on any atom is -0.341 e. The Labute approximate surface area is 135 Å². The fourth-order valence-corrected chi connectivity index (χ4v) is 2.98. The van der Waals surface area contributed by atoms with Gasteiger partial charge in [-0.2, -0.15) is 0 Å². The van der Waals surface area contributed by atoms with Crippen molar-refractivity contribution in [1.29, 1.82) is 0 Å². The summed E-state index contributed by atoms with van der Waals surface area (Å²) in [6.07, 6.45) is 0. The Bertz CT molecular complexity index is 580. The average Bonchev–Trinajstić information content (AvgIpc) is 2.84. The van der Waals surface area contributed by atoms with Gasteiger partial charge in [-0.1, -0.05) is 40.8 Å². The van der Waals surface area contributed by atoms with E-state index < -0.39 is 0 Å². The van der Waals surface area contributed by atoms with Gasteiger partial charge in [-0.3, -0.25) is 5.32 Å². The molecule has 2 aromatic rings. The van der Waals surface area contributed by atoms with E-state index in [1.165, 1.54) is 30.1 Å². The number of urea groups is 1. The summed E-state index contributed by atoms with van der Waals surface area (Å²) in [4.78, 5) is 15.3. The number of anilines is 1. The van der Waals surface area contributed by atoms with E-state index >= 15 is 0 Å². The van der Waals surface area contributed by atoms with Crippen molar-refractivity contribution in [3.05, 3.63) is 29.0 Å². The highest BCUT2D eigenvalue weighted by Gasteiger charge is 2.07. The van der Waals surface area contributed by atoms with Crippen molar-refractivity contribution in [2.45, 2.75) is 10.1 Å². The van der Waals surface area contributed by atoms with E-state index in [1.54, 1.807) is 6.07 Å². The van der Waals surface area contributed by atoms with Crippen molar-refractivity contribution in [2.75, 3.05) is 12.4 Å². The quantitative estimate of drug-likeness (QED) is 0.502. The number of pyridine rings is 1. The van der Waals surface area contributed by atoms with Gasteiger partial charge in [0.1, 0.15) is 5.15 Å². The molecular weight excluding hydrogens is 341 g/mol. The summed E-state index contributed by atoms with van der Waals surface area (Å²) >= 11 is 8.60. The van der Waals surface area contributed by atoms with Gasteiger partial charge in [0.05, 0.1) is 5.69 Å². The van der Waals surface area contributed by atoms with Gasteiger partial charge in [-0.05, 0) is 12.1 Å². The van der Waals surface area contributed by atoms with Crippen LogP contribution in [-0.4, -0.2) is 28.3 Å². The van der Waals surface area contributed by atoms with Crippen LogP contribution in [0.3, 0.4) is 0 Å². The van der Waals surface area contributed by atoms with Gasteiger partial charge < -0.3 is 5.32 Å². The predicted octanol–water partition coefficient (Wildman–Crippen LogP) is 3.05. The second-order valence-corrected chi connectivity index (χ2v) is 5.90. The highest BCUT2D eigenvalue weighted by Crippen LogP contribution is 2.27. The number of aromatic nitrogens is 3. The highest BCUT2D eigenvalue weighted by molar-refractivity contribution is 8.00. The van der Waals surface area contributed by atoms with E-state index in [9.17, 15) is 4.79 Å². The molecule has 6 nitrogen and oxygen atoms in total. The third-order valence-electron chi connectivity index (χ3n) is 1.97. The summed E-state index contributed by atoms with van der Waals surface area (Å²) in [6, 6.07) is 5.16. The van der Waals surface area contributed by atoms with Gasteiger partial charge in [0, 0.05) is 12.8 Å². The van der Waals surface area contributed by atoms with Crippen LogP contribution >= 0.6 is 47.1 Å². The van der Waals surface area contributed by atoms with Crippen LogP contribution in [-0.2, 0) is 5.75 Å². The first kappa shape index (κ1) is 17.0. The summed E-state index contributed by atoms with van der Waals surface area (Å²) in [6.45, 7) is 0. The maximum Gasteiger partial charge on any atom is 0.320 e. The van der Waals surface area contributed by atoms with E-state index in [2.05, 4.69) is 25.8 Å². The number of hydrogen-bond acceptors (Lipinski definition) is 6. The smallest absolute Gasteiger partial charge is 0.320 e. The first-order valence-corrected chi connectivity index (χ1v) is 7.42. The van der Waals surface area contributed by atoms with Crippen molar-refractivity contribution in [1.82, 2.24) is 20.5 Å². The molecule has 2 aromatic heterocycles. The Morgan fingerprint density at radius 3 is 2.95 bits per heavy atom. The minimum atomic E-state index is -0.316. The number of thioether (sulfide) groups is 1. The van der Waals surface area contributed by atoms with Crippen molar-refractivity contribution >= 4 is 58.3 Å². The van der Waals surface area contributed by atoms with Crippen molar-refractivity contribution in [3.63, 3.8) is 0 Å². The molecular formula is C10H11Cl2N5OS2. The van der Waals surface area contributed by atoms with Crippen LogP contribution in [0.5, 0.6) is 0 Å². The number of carbonyl (C=O) groups excluding carboxylic acids is 1. The summed E-state index contributed by atoms with van der Waals surface area (Å²) in [5.41, 5.74) is 0.869. The number of amides is 2. The van der Waals surface area contributed by atoms with Gasteiger partial charge in [-0.25, -0.2) is 9.78 Å². The topological polar surface area (TPSA) is 79.8 Å². The summed E-state index contributed by atoms with van der Waals surface area (Å²) in [5, 5.41) is 13.8. The molecule has 0 radical (unpaired) electrons. The lowest BCUT2D eigenvalue weighted by Gasteiger charge is -1.98. The summed E-state index contributed by atoms with van der Waals surface area (Å²) in [7, 11) is 1.54. The lowest BCUT2D eigenvalue weighted by Crippen LogP contribution is -2.24. The van der Waals surface area contributed by atoms with Gasteiger partial charge in [0.15, 0.2) is 4.34 Å². The molecule has 0 unspecified atom stereocenters. The van der Waals surface area contributed by atoms with Crippen LogP contribution in [0, 0.1) is 0 Å².